The molecule has 0 unspecified atom stereocenters. The molecule has 1 amide bonds. The molecule has 30 heavy (non-hydrogen) atoms. The molecule has 0 saturated carbocycles. The van der Waals surface area contributed by atoms with Gasteiger partial charge in [-0.1, -0.05) is 36.4 Å². The van der Waals surface area contributed by atoms with E-state index in [1.165, 1.54) is 16.7 Å². The van der Waals surface area contributed by atoms with Crippen LogP contribution < -0.4 is 5.32 Å². The summed E-state index contributed by atoms with van der Waals surface area (Å²) in [7, 11) is 0. The number of rotatable bonds is 5. The van der Waals surface area contributed by atoms with E-state index >= 15 is 0 Å². The fourth-order valence-electron chi connectivity index (χ4n) is 3.79. The fraction of sp³-hybridized carbons (Fsp3) is 0.125. The second kappa shape index (κ2) is 7.93. The van der Waals surface area contributed by atoms with Crippen LogP contribution in [0.3, 0.4) is 0 Å². The highest BCUT2D eigenvalue weighted by atomic mass is 16.1. The van der Waals surface area contributed by atoms with E-state index in [9.17, 15) is 4.79 Å². The molecule has 1 aliphatic rings. The van der Waals surface area contributed by atoms with Crippen LogP contribution in [-0.2, 0) is 19.6 Å². The van der Waals surface area contributed by atoms with Crippen molar-refractivity contribution in [3.63, 3.8) is 0 Å². The number of nitrogens with zero attached hydrogens (tertiary/aromatic N) is 3. The van der Waals surface area contributed by atoms with Gasteiger partial charge >= 0.3 is 0 Å². The predicted molar refractivity (Wildman–Crippen MR) is 116 cm³/mol. The van der Waals surface area contributed by atoms with Crippen molar-refractivity contribution in [3.8, 4) is 11.3 Å². The van der Waals surface area contributed by atoms with Gasteiger partial charge in [-0.15, -0.1) is 0 Å². The number of nitrogens with one attached hydrogen (secondary N) is 2. The predicted octanol–water partition coefficient (Wildman–Crippen LogP) is 4.24. The SMILES string of the molecule is O=C(Nc1ccc2c(c1)CN(Cc1ccccc1)C2)c1cc(-c2cccnc2)n[nH]1. The van der Waals surface area contributed by atoms with Gasteiger partial charge in [0.2, 0.25) is 0 Å². The molecule has 0 fully saturated rings. The summed E-state index contributed by atoms with van der Waals surface area (Å²) in [6.07, 6.45) is 3.43. The number of aromatic nitrogens is 3. The number of hydrogen-bond donors (Lipinski definition) is 2. The molecule has 3 heterocycles. The van der Waals surface area contributed by atoms with Crippen molar-refractivity contribution in [2.45, 2.75) is 19.6 Å². The quantitative estimate of drug-likeness (QED) is 0.530. The van der Waals surface area contributed by atoms with Crippen LogP contribution in [0.15, 0.2) is 79.1 Å². The Morgan fingerprint density at radius 3 is 2.70 bits per heavy atom. The van der Waals surface area contributed by atoms with Gasteiger partial charge in [-0.25, -0.2) is 0 Å². The van der Waals surface area contributed by atoms with Gasteiger partial charge in [-0.2, -0.15) is 5.10 Å². The van der Waals surface area contributed by atoms with Crippen molar-refractivity contribution < 1.29 is 4.79 Å². The number of hydrogen-bond acceptors (Lipinski definition) is 4. The molecular weight excluding hydrogens is 374 g/mol. The zero-order valence-corrected chi connectivity index (χ0v) is 16.4. The summed E-state index contributed by atoms with van der Waals surface area (Å²) >= 11 is 0. The Balaban J connectivity index is 1.26. The van der Waals surface area contributed by atoms with Crippen LogP contribution in [0.1, 0.15) is 27.2 Å². The van der Waals surface area contributed by atoms with Gasteiger partial charge < -0.3 is 5.32 Å². The number of carbonyl (C=O) groups is 1. The number of aromatic amines is 1. The molecule has 148 valence electrons. The Morgan fingerprint density at radius 1 is 1.00 bits per heavy atom. The minimum atomic E-state index is -0.211. The van der Waals surface area contributed by atoms with Crippen molar-refractivity contribution in [2.24, 2.45) is 0 Å². The Bertz CT molecular complexity index is 1170. The molecule has 6 nitrogen and oxygen atoms in total. The van der Waals surface area contributed by atoms with Crippen LogP contribution in [-0.4, -0.2) is 26.0 Å². The molecule has 0 atom stereocenters. The Hall–Kier alpha value is -3.77. The summed E-state index contributed by atoms with van der Waals surface area (Å²) in [5, 5.41) is 10.0. The second-order valence-corrected chi connectivity index (χ2v) is 7.48. The third-order valence-electron chi connectivity index (χ3n) is 5.28. The normalized spacial score (nSPS) is 13.2. The van der Waals surface area contributed by atoms with Crippen molar-refractivity contribution in [1.29, 1.82) is 0 Å². The monoisotopic (exact) mass is 395 g/mol. The number of carbonyl (C=O) groups excluding carboxylic acids is 1. The van der Waals surface area contributed by atoms with Gasteiger partial charge in [0.25, 0.3) is 5.91 Å². The van der Waals surface area contributed by atoms with Crippen LogP contribution >= 0.6 is 0 Å². The van der Waals surface area contributed by atoms with Crippen LogP contribution in [0.5, 0.6) is 0 Å². The fourth-order valence-corrected chi connectivity index (χ4v) is 3.79. The summed E-state index contributed by atoms with van der Waals surface area (Å²) in [6.45, 7) is 2.72. The molecule has 0 bridgehead atoms. The van der Waals surface area contributed by atoms with Crippen LogP contribution in [0.4, 0.5) is 5.69 Å². The van der Waals surface area contributed by atoms with Crippen LogP contribution in [0.25, 0.3) is 11.3 Å². The van der Waals surface area contributed by atoms with E-state index < -0.39 is 0 Å². The van der Waals surface area contributed by atoms with Gasteiger partial charge in [0.15, 0.2) is 0 Å². The minimum absolute atomic E-state index is 0.211. The summed E-state index contributed by atoms with van der Waals surface area (Å²) < 4.78 is 0. The van der Waals surface area contributed by atoms with Crippen LogP contribution in [0.2, 0.25) is 0 Å². The number of H-pyrrole nitrogens is 1. The third-order valence-corrected chi connectivity index (χ3v) is 5.28. The summed E-state index contributed by atoms with van der Waals surface area (Å²) in [6, 6.07) is 22.1. The van der Waals surface area contributed by atoms with Crippen LogP contribution in [0, 0.1) is 0 Å². The number of fused-ring (bicyclic) bond motifs is 1. The highest BCUT2D eigenvalue weighted by molar-refractivity contribution is 6.03. The second-order valence-electron chi connectivity index (χ2n) is 7.48. The topological polar surface area (TPSA) is 73.9 Å². The molecule has 6 heteroatoms. The van der Waals surface area contributed by atoms with Gasteiger partial charge in [0.05, 0.1) is 5.69 Å². The molecule has 0 aliphatic carbocycles. The Labute approximate surface area is 174 Å². The van der Waals surface area contributed by atoms with Crippen molar-refractivity contribution in [2.75, 3.05) is 5.32 Å². The molecule has 2 N–H and O–H groups in total. The molecule has 4 aromatic rings. The first-order valence-corrected chi connectivity index (χ1v) is 9.90. The van der Waals surface area contributed by atoms with E-state index in [0.29, 0.717) is 11.4 Å². The third kappa shape index (κ3) is 3.86. The molecule has 0 saturated heterocycles. The lowest BCUT2D eigenvalue weighted by molar-refractivity contribution is 0.102. The standard InChI is InChI=1S/C24H21N5O/c30-24(23-12-22(27-28-23)18-7-4-10-25-13-18)26-21-9-8-19-15-29(16-20(19)11-21)14-17-5-2-1-3-6-17/h1-13H,14-16H2,(H,26,30)(H,27,28). The van der Waals surface area contributed by atoms with Crippen molar-refractivity contribution in [1.82, 2.24) is 20.1 Å². The summed E-state index contributed by atoms with van der Waals surface area (Å²) in [4.78, 5) is 19.1. The molecule has 5 rings (SSSR count). The maximum Gasteiger partial charge on any atom is 0.273 e. The van der Waals surface area contributed by atoms with Gasteiger partial charge in [-0.3, -0.25) is 19.8 Å². The number of pyridine rings is 1. The first kappa shape index (κ1) is 18.3. The minimum Gasteiger partial charge on any atom is -0.321 e. The lowest BCUT2D eigenvalue weighted by Gasteiger charge is -2.14. The summed E-state index contributed by atoms with van der Waals surface area (Å²) in [5.74, 6) is -0.211. The van der Waals surface area contributed by atoms with Crippen molar-refractivity contribution in [3.05, 3.63) is 102 Å². The first-order valence-electron chi connectivity index (χ1n) is 9.90. The van der Waals surface area contributed by atoms with E-state index in [1.54, 1.807) is 18.5 Å². The highest BCUT2D eigenvalue weighted by Crippen LogP contribution is 2.27. The van der Waals surface area contributed by atoms with E-state index in [4.69, 9.17) is 0 Å². The first-order chi connectivity index (χ1) is 14.7. The van der Waals surface area contributed by atoms with Gasteiger partial charge in [0.1, 0.15) is 5.69 Å². The van der Waals surface area contributed by atoms with E-state index in [2.05, 4.69) is 61.8 Å². The maximum atomic E-state index is 12.7. The van der Waals surface area contributed by atoms with Gasteiger partial charge in [0, 0.05) is 43.3 Å². The van der Waals surface area contributed by atoms with E-state index in [1.807, 2.05) is 24.3 Å². The van der Waals surface area contributed by atoms with E-state index in [0.717, 1.165) is 30.9 Å². The molecule has 1 aliphatic heterocycles. The highest BCUT2D eigenvalue weighted by Gasteiger charge is 2.20. The van der Waals surface area contributed by atoms with E-state index in [-0.39, 0.29) is 5.91 Å². The lowest BCUT2D eigenvalue weighted by atomic mass is 10.1. The maximum absolute atomic E-state index is 12.7. The number of benzene rings is 2. The number of anilines is 1. The molecular formula is C24H21N5O. The average Bonchev–Trinajstić information content (AvgIpc) is 3.42. The van der Waals surface area contributed by atoms with Gasteiger partial charge in [-0.05, 0) is 47.0 Å². The zero-order chi connectivity index (χ0) is 20.3. The van der Waals surface area contributed by atoms with Crippen molar-refractivity contribution >= 4 is 11.6 Å². The average molecular weight is 395 g/mol. The Kier molecular flexibility index (Phi) is 4.83. The molecule has 0 spiro atoms. The molecule has 0 radical (unpaired) electrons. The zero-order valence-electron chi connectivity index (χ0n) is 16.4. The number of amides is 1. The lowest BCUT2D eigenvalue weighted by Crippen LogP contribution is -2.15. The Morgan fingerprint density at radius 2 is 1.87 bits per heavy atom. The molecule has 2 aromatic heterocycles. The largest absolute Gasteiger partial charge is 0.321 e. The summed E-state index contributed by atoms with van der Waals surface area (Å²) in [5.41, 5.74) is 6.64. The smallest absolute Gasteiger partial charge is 0.273 e. The molecule has 2 aromatic carbocycles.